The molecule has 0 unspecified atom stereocenters. The van der Waals surface area contributed by atoms with E-state index in [9.17, 15) is 13.2 Å². The third-order valence-corrected chi connectivity index (χ3v) is 7.64. The van der Waals surface area contributed by atoms with Crippen LogP contribution in [-0.2, 0) is 21.4 Å². The highest BCUT2D eigenvalue weighted by Crippen LogP contribution is 2.21. The lowest BCUT2D eigenvalue weighted by molar-refractivity contribution is -0.121. The number of carbonyl (C=O) groups excluding carboxylic acids is 1. The highest BCUT2D eigenvalue weighted by atomic mass is 79.9. The molecule has 0 spiro atoms. The molecule has 1 N–H and O–H groups in total. The molecule has 0 atom stereocenters. The topological polar surface area (TPSA) is 78.8 Å². The molecule has 0 aliphatic heterocycles. The Balaban J connectivity index is 1.75. The summed E-state index contributed by atoms with van der Waals surface area (Å²) in [4.78, 5) is 12.7. The Morgan fingerprint density at radius 1 is 1.03 bits per heavy atom. The molecule has 0 bridgehead atoms. The van der Waals surface area contributed by atoms with Gasteiger partial charge in [0.1, 0.15) is 0 Å². The summed E-state index contributed by atoms with van der Waals surface area (Å²) in [5.74, 6) is -0.130. The summed E-state index contributed by atoms with van der Waals surface area (Å²) < 4.78 is 28.5. The van der Waals surface area contributed by atoms with Gasteiger partial charge in [0.15, 0.2) is 0 Å². The Morgan fingerprint density at radius 2 is 1.65 bits per heavy atom. The molecule has 3 aromatic rings. The first-order chi connectivity index (χ1) is 16.1. The van der Waals surface area contributed by atoms with E-state index in [2.05, 4.69) is 40.3 Å². The molecule has 3 aromatic carbocycles. The minimum Gasteiger partial charge on any atom is -0.272 e. The largest absolute Gasteiger partial charge is 0.272 e. The number of hydrogen-bond donors (Lipinski definition) is 1. The van der Waals surface area contributed by atoms with Gasteiger partial charge in [0.05, 0.1) is 17.7 Å². The lowest BCUT2D eigenvalue weighted by Crippen LogP contribution is -2.39. The average molecular weight is 563 g/mol. The molecule has 0 heterocycles. The smallest absolute Gasteiger partial charge is 0.255 e. The number of amides is 1. The van der Waals surface area contributed by atoms with Gasteiger partial charge in [-0.1, -0.05) is 77.8 Å². The molecule has 0 radical (unpaired) electrons. The summed E-state index contributed by atoms with van der Waals surface area (Å²) in [5.41, 5.74) is 5.15. The third kappa shape index (κ3) is 7.24. The summed E-state index contributed by atoms with van der Waals surface area (Å²) in [6.07, 6.45) is 1.52. The molecule has 0 saturated carbocycles. The molecular weight excluding hydrogens is 538 g/mol. The van der Waals surface area contributed by atoms with E-state index >= 15 is 0 Å². The summed E-state index contributed by atoms with van der Waals surface area (Å²) in [5, 5.41) is 4.53. The van der Waals surface area contributed by atoms with E-state index in [1.807, 2.05) is 24.3 Å². The van der Waals surface area contributed by atoms with E-state index in [0.717, 1.165) is 14.3 Å². The van der Waals surface area contributed by atoms with Crippen molar-refractivity contribution in [3.05, 3.63) is 99.0 Å². The van der Waals surface area contributed by atoms with Gasteiger partial charge in [0.25, 0.3) is 5.91 Å². The number of rotatable bonds is 9. The molecule has 1 amide bonds. The second kappa shape index (κ2) is 11.8. The number of halogens is 2. The minimum atomic E-state index is -3.94. The van der Waals surface area contributed by atoms with Crippen LogP contribution >= 0.6 is 27.5 Å². The second-order valence-electron chi connectivity index (χ2n) is 7.97. The van der Waals surface area contributed by atoms with Crippen molar-refractivity contribution in [1.82, 2.24) is 9.73 Å². The molecule has 6 nitrogen and oxygen atoms in total. The molecule has 3 rings (SSSR count). The number of benzene rings is 3. The van der Waals surface area contributed by atoms with Gasteiger partial charge in [-0.3, -0.25) is 4.79 Å². The van der Waals surface area contributed by atoms with E-state index in [1.54, 1.807) is 36.4 Å². The Hall–Kier alpha value is -2.52. The van der Waals surface area contributed by atoms with Crippen LogP contribution in [0.15, 0.2) is 87.3 Å². The van der Waals surface area contributed by atoms with Crippen molar-refractivity contribution >= 4 is 49.7 Å². The van der Waals surface area contributed by atoms with E-state index in [-0.39, 0.29) is 11.4 Å². The fourth-order valence-corrected chi connectivity index (χ4v) is 4.89. The Kier molecular flexibility index (Phi) is 9.02. The van der Waals surface area contributed by atoms with Crippen LogP contribution in [0.1, 0.15) is 36.5 Å². The first kappa shape index (κ1) is 26.1. The summed E-state index contributed by atoms with van der Waals surface area (Å²) in [6.45, 7) is 3.83. The summed E-state index contributed by atoms with van der Waals surface area (Å²) >= 11 is 9.26. The third-order valence-electron chi connectivity index (χ3n) is 5.05. The zero-order valence-corrected chi connectivity index (χ0v) is 21.9. The molecule has 0 aromatic heterocycles. The Bertz CT molecular complexity index is 1240. The number of nitrogens with one attached hydrogen (secondary N) is 1. The van der Waals surface area contributed by atoms with E-state index in [1.165, 1.54) is 23.9 Å². The Labute approximate surface area is 213 Å². The second-order valence-corrected chi connectivity index (χ2v) is 11.3. The lowest BCUT2D eigenvalue weighted by Gasteiger charge is -2.21. The van der Waals surface area contributed by atoms with Gasteiger partial charge < -0.3 is 0 Å². The van der Waals surface area contributed by atoms with Gasteiger partial charge in [0.2, 0.25) is 10.0 Å². The van der Waals surface area contributed by atoms with Gasteiger partial charge in [-0.25, -0.2) is 13.8 Å². The Morgan fingerprint density at radius 3 is 2.24 bits per heavy atom. The summed E-state index contributed by atoms with van der Waals surface area (Å²) in [7, 11) is -3.94. The SMILES string of the molecule is CC(C)c1ccc(/C=N\NC(=O)CN(Cc2ccc(Cl)cc2)S(=O)(=O)c2ccc(Br)cc2)cc1. The standard InChI is InChI=1S/C25H25BrClN3O3S/c1-18(2)21-7-3-19(4-8-21)15-28-29-25(31)17-30(16-20-5-11-23(27)12-6-20)34(32,33)24-13-9-22(26)10-14-24/h3-15,18H,16-17H2,1-2H3,(H,29,31)/b28-15-. The highest BCUT2D eigenvalue weighted by molar-refractivity contribution is 9.10. The maximum absolute atomic E-state index is 13.3. The van der Waals surface area contributed by atoms with Crippen LogP contribution in [0.25, 0.3) is 0 Å². The van der Waals surface area contributed by atoms with Crippen molar-refractivity contribution in [1.29, 1.82) is 0 Å². The first-order valence-electron chi connectivity index (χ1n) is 10.6. The molecule has 0 fully saturated rings. The van der Waals surface area contributed by atoms with Gasteiger partial charge in [-0.05, 0) is 59.0 Å². The maximum atomic E-state index is 13.3. The zero-order chi connectivity index (χ0) is 24.7. The minimum absolute atomic E-state index is 0.00334. The molecule has 178 valence electrons. The van der Waals surface area contributed by atoms with E-state index in [4.69, 9.17) is 11.6 Å². The van der Waals surface area contributed by atoms with Crippen LogP contribution in [0.3, 0.4) is 0 Å². The van der Waals surface area contributed by atoms with Crippen molar-refractivity contribution in [3.8, 4) is 0 Å². The molecular formula is C25H25BrClN3O3S. The van der Waals surface area contributed by atoms with Crippen molar-refractivity contribution in [2.75, 3.05) is 6.54 Å². The number of hydrazone groups is 1. The summed E-state index contributed by atoms with van der Waals surface area (Å²) in [6, 6.07) is 20.9. The van der Waals surface area contributed by atoms with Gasteiger partial charge >= 0.3 is 0 Å². The van der Waals surface area contributed by atoms with Crippen molar-refractivity contribution in [3.63, 3.8) is 0 Å². The molecule has 34 heavy (non-hydrogen) atoms. The van der Waals surface area contributed by atoms with Crippen LogP contribution < -0.4 is 5.43 Å². The first-order valence-corrected chi connectivity index (χ1v) is 13.2. The van der Waals surface area contributed by atoms with E-state index in [0.29, 0.717) is 16.5 Å². The monoisotopic (exact) mass is 561 g/mol. The number of carbonyl (C=O) groups is 1. The van der Waals surface area contributed by atoms with Crippen molar-refractivity contribution < 1.29 is 13.2 Å². The number of nitrogens with zero attached hydrogens (tertiary/aromatic N) is 2. The highest BCUT2D eigenvalue weighted by Gasteiger charge is 2.27. The predicted octanol–water partition coefficient (Wildman–Crippen LogP) is 5.57. The van der Waals surface area contributed by atoms with Crippen LogP contribution in [0.5, 0.6) is 0 Å². The van der Waals surface area contributed by atoms with Gasteiger partial charge in [0, 0.05) is 16.0 Å². The zero-order valence-electron chi connectivity index (χ0n) is 18.8. The van der Waals surface area contributed by atoms with Gasteiger partial charge in [-0.15, -0.1) is 0 Å². The maximum Gasteiger partial charge on any atom is 0.255 e. The van der Waals surface area contributed by atoms with Gasteiger partial charge in [-0.2, -0.15) is 9.41 Å². The van der Waals surface area contributed by atoms with Crippen molar-refractivity contribution in [2.45, 2.75) is 31.2 Å². The molecule has 0 aliphatic rings. The quantitative estimate of drug-likeness (QED) is 0.274. The lowest BCUT2D eigenvalue weighted by atomic mass is 10.0. The predicted molar refractivity (Wildman–Crippen MR) is 139 cm³/mol. The van der Waals surface area contributed by atoms with Crippen LogP contribution in [0.2, 0.25) is 5.02 Å². The van der Waals surface area contributed by atoms with E-state index < -0.39 is 22.5 Å². The fraction of sp³-hybridized carbons (Fsp3) is 0.200. The average Bonchev–Trinajstić information content (AvgIpc) is 2.80. The van der Waals surface area contributed by atoms with Crippen LogP contribution in [0.4, 0.5) is 0 Å². The van der Waals surface area contributed by atoms with Crippen LogP contribution in [0, 0.1) is 0 Å². The normalized spacial score (nSPS) is 11.9. The molecule has 9 heteroatoms. The van der Waals surface area contributed by atoms with Crippen LogP contribution in [-0.4, -0.2) is 31.4 Å². The fourth-order valence-electron chi connectivity index (χ4n) is 3.12. The molecule has 0 aliphatic carbocycles. The molecule has 0 saturated heterocycles. The van der Waals surface area contributed by atoms with Crippen molar-refractivity contribution in [2.24, 2.45) is 5.10 Å². The number of hydrogen-bond acceptors (Lipinski definition) is 4. The number of sulfonamides is 1.